The first-order valence-electron chi connectivity index (χ1n) is 11.3. The number of nitrogens with one attached hydrogen (secondary N) is 1. The fourth-order valence-electron chi connectivity index (χ4n) is 4.18. The maximum atomic E-state index is 13.5. The van der Waals surface area contributed by atoms with Crippen LogP contribution >= 0.6 is 0 Å². The highest BCUT2D eigenvalue weighted by atomic mass is 16.5. The lowest BCUT2D eigenvalue weighted by molar-refractivity contribution is -0.121. The quantitative estimate of drug-likeness (QED) is 0.409. The predicted octanol–water partition coefficient (Wildman–Crippen LogP) is 5.80. The van der Waals surface area contributed by atoms with E-state index in [0.717, 1.165) is 44.1 Å². The Balaban J connectivity index is 1.86. The summed E-state index contributed by atoms with van der Waals surface area (Å²) >= 11 is 0. The Morgan fingerprint density at radius 3 is 2.39 bits per heavy atom. The first-order valence-corrected chi connectivity index (χ1v) is 11.3. The Hall–Kier alpha value is -2.82. The molecule has 5 heteroatoms. The average molecular weight is 424 g/mol. The third-order valence-electron chi connectivity index (χ3n) is 5.98. The van der Waals surface area contributed by atoms with Crippen molar-refractivity contribution in [3.63, 3.8) is 0 Å². The number of benzene rings is 2. The Morgan fingerprint density at radius 2 is 1.74 bits per heavy atom. The van der Waals surface area contributed by atoms with Crippen molar-refractivity contribution in [2.45, 2.75) is 64.7 Å². The molecule has 5 nitrogen and oxygen atoms in total. The van der Waals surface area contributed by atoms with Crippen LogP contribution in [0.4, 0.5) is 5.69 Å². The van der Waals surface area contributed by atoms with Crippen LogP contribution in [0, 0.1) is 6.92 Å². The molecule has 0 atom stereocenters. The molecule has 1 N–H and O–H groups in total. The molecule has 0 radical (unpaired) electrons. The van der Waals surface area contributed by atoms with Gasteiger partial charge in [-0.1, -0.05) is 56.0 Å². The second-order valence-corrected chi connectivity index (χ2v) is 8.24. The molecule has 0 spiro atoms. The van der Waals surface area contributed by atoms with Gasteiger partial charge >= 0.3 is 5.97 Å². The van der Waals surface area contributed by atoms with E-state index in [1.54, 1.807) is 25.1 Å². The van der Waals surface area contributed by atoms with Crippen LogP contribution < -0.4 is 10.1 Å². The Morgan fingerprint density at radius 1 is 1.03 bits per heavy atom. The summed E-state index contributed by atoms with van der Waals surface area (Å²) in [5.74, 6) is 0.0153. The minimum absolute atomic E-state index is 0.0247. The number of carbonyl (C=O) groups excluding carboxylic acids is 2. The van der Waals surface area contributed by atoms with Gasteiger partial charge in [0.2, 0.25) is 5.91 Å². The van der Waals surface area contributed by atoms with Gasteiger partial charge in [0.1, 0.15) is 11.3 Å². The van der Waals surface area contributed by atoms with Gasteiger partial charge in [-0.15, -0.1) is 0 Å². The minimum Gasteiger partial charge on any atom is -0.493 e. The van der Waals surface area contributed by atoms with Crippen molar-refractivity contribution in [3.05, 3.63) is 59.2 Å². The van der Waals surface area contributed by atoms with Gasteiger partial charge in [0, 0.05) is 5.69 Å². The normalized spacial score (nSPS) is 14.8. The largest absolute Gasteiger partial charge is 0.493 e. The van der Waals surface area contributed by atoms with E-state index in [4.69, 9.17) is 9.47 Å². The van der Waals surface area contributed by atoms with Crippen molar-refractivity contribution in [1.29, 1.82) is 0 Å². The maximum absolute atomic E-state index is 13.5. The van der Waals surface area contributed by atoms with Crippen molar-refractivity contribution < 1.29 is 19.1 Å². The third kappa shape index (κ3) is 5.27. The third-order valence-corrected chi connectivity index (χ3v) is 5.98. The Bertz CT molecular complexity index is 898. The Labute approximate surface area is 185 Å². The molecule has 1 fully saturated rings. The van der Waals surface area contributed by atoms with E-state index in [1.165, 1.54) is 5.56 Å². The number of rotatable bonds is 9. The SMILES string of the molecule is CCCCOc1ccc(NC(=O)C2(c3ccc(C)cc3)CCCC2)cc1C(=O)OCC. The van der Waals surface area contributed by atoms with Crippen molar-refractivity contribution in [1.82, 2.24) is 0 Å². The highest BCUT2D eigenvalue weighted by Crippen LogP contribution is 2.42. The number of unbranched alkanes of at least 4 members (excludes halogenated alkanes) is 1. The molecule has 1 amide bonds. The standard InChI is InChI=1S/C26H33NO4/c1-4-6-17-31-23-14-13-21(18-22(23)24(28)30-5-2)27-25(29)26(15-7-8-16-26)20-11-9-19(3)10-12-20/h9-14,18H,4-8,15-17H2,1-3H3,(H,27,29). The summed E-state index contributed by atoms with van der Waals surface area (Å²) in [5.41, 5.74) is 2.61. The van der Waals surface area contributed by atoms with Gasteiger partial charge in [0.15, 0.2) is 0 Å². The predicted molar refractivity (Wildman–Crippen MR) is 123 cm³/mol. The first kappa shape index (κ1) is 22.9. The molecule has 0 bridgehead atoms. The second-order valence-electron chi connectivity index (χ2n) is 8.24. The number of amides is 1. The molecule has 0 aromatic heterocycles. The van der Waals surface area contributed by atoms with Crippen molar-refractivity contribution >= 4 is 17.6 Å². The summed E-state index contributed by atoms with van der Waals surface area (Å²) in [6.07, 6.45) is 5.61. The van der Waals surface area contributed by atoms with Crippen molar-refractivity contribution in [2.75, 3.05) is 18.5 Å². The summed E-state index contributed by atoms with van der Waals surface area (Å²) in [6.45, 7) is 6.71. The summed E-state index contributed by atoms with van der Waals surface area (Å²) in [5, 5.41) is 3.07. The Kier molecular flexibility index (Phi) is 7.72. The van der Waals surface area contributed by atoms with E-state index >= 15 is 0 Å². The molecule has 1 saturated carbocycles. The lowest BCUT2D eigenvalue weighted by atomic mass is 9.77. The molecule has 2 aromatic rings. The number of anilines is 1. The second kappa shape index (κ2) is 10.5. The highest BCUT2D eigenvalue weighted by molar-refractivity contribution is 6.01. The molecule has 3 rings (SSSR count). The number of hydrogen-bond acceptors (Lipinski definition) is 4. The van der Waals surface area contributed by atoms with Crippen LogP contribution in [0.25, 0.3) is 0 Å². The van der Waals surface area contributed by atoms with Gasteiger partial charge in [-0.25, -0.2) is 4.79 Å². The van der Waals surface area contributed by atoms with Gasteiger partial charge in [-0.05, 0) is 56.9 Å². The van der Waals surface area contributed by atoms with Crippen LogP contribution in [0.1, 0.15) is 73.9 Å². The molecule has 0 heterocycles. The monoisotopic (exact) mass is 423 g/mol. The lowest BCUT2D eigenvalue weighted by Gasteiger charge is -2.28. The summed E-state index contributed by atoms with van der Waals surface area (Å²) in [6, 6.07) is 13.4. The summed E-state index contributed by atoms with van der Waals surface area (Å²) < 4.78 is 11.0. The molecule has 1 aliphatic carbocycles. The maximum Gasteiger partial charge on any atom is 0.341 e. The van der Waals surface area contributed by atoms with Gasteiger partial charge in [0.05, 0.1) is 18.6 Å². The number of carbonyl (C=O) groups is 2. The smallest absolute Gasteiger partial charge is 0.341 e. The highest BCUT2D eigenvalue weighted by Gasteiger charge is 2.42. The molecule has 0 aliphatic heterocycles. The zero-order valence-corrected chi connectivity index (χ0v) is 18.8. The number of aryl methyl sites for hydroxylation is 1. The van der Waals surface area contributed by atoms with Gasteiger partial charge in [0.25, 0.3) is 0 Å². The zero-order chi connectivity index (χ0) is 22.3. The number of esters is 1. The van der Waals surface area contributed by atoms with Crippen LogP contribution in [-0.2, 0) is 14.9 Å². The van der Waals surface area contributed by atoms with Crippen LogP contribution in [0.5, 0.6) is 5.75 Å². The number of hydrogen-bond donors (Lipinski definition) is 1. The van der Waals surface area contributed by atoms with Gasteiger partial charge in [-0.2, -0.15) is 0 Å². The van der Waals surface area contributed by atoms with E-state index in [0.29, 0.717) is 23.6 Å². The van der Waals surface area contributed by atoms with Crippen molar-refractivity contribution in [3.8, 4) is 5.75 Å². The fourth-order valence-corrected chi connectivity index (χ4v) is 4.18. The molecule has 0 unspecified atom stereocenters. The number of ether oxygens (including phenoxy) is 2. The molecule has 1 aliphatic rings. The van der Waals surface area contributed by atoms with Crippen molar-refractivity contribution in [2.24, 2.45) is 0 Å². The van der Waals surface area contributed by atoms with E-state index in [9.17, 15) is 9.59 Å². The van der Waals surface area contributed by atoms with Crippen LogP contribution in [0.15, 0.2) is 42.5 Å². The van der Waals surface area contributed by atoms with Crippen LogP contribution in [0.2, 0.25) is 0 Å². The fraction of sp³-hybridized carbons (Fsp3) is 0.462. The molecular formula is C26H33NO4. The van der Waals surface area contributed by atoms with E-state index in [-0.39, 0.29) is 12.5 Å². The molecule has 0 saturated heterocycles. The minimum atomic E-state index is -0.534. The average Bonchev–Trinajstić information content (AvgIpc) is 3.26. The van der Waals surface area contributed by atoms with E-state index in [2.05, 4.69) is 36.5 Å². The molecule has 2 aromatic carbocycles. The van der Waals surface area contributed by atoms with E-state index in [1.807, 2.05) is 6.92 Å². The van der Waals surface area contributed by atoms with Gasteiger partial charge in [-0.3, -0.25) is 4.79 Å². The first-order chi connectivity index (χ1) is 15.0. The summed E-state index contributed by atoms with van der Waals surface area (Å²) in [7, 11) is 0. The molecule has 31 heavy (non-hydrogen) atoms. The molecular weight excluding hydrogens is 390 g/mol. The van der Waals surface area contributed by atoms with Crippen LogP contribution in [-0.4, -0.2) is 25.1 Å². The van der Waals surface area contributed by atoms with Gasteiger partial charge < -0.3 is 14.8 Å². The topological polar surface area (TPSA) is 64.6 Å². The van der Waals surface area contributed by atoms with Crippen LogP contribution in [0.3, 0.4) is 0 Å². The zero-order valence-electron chi connectivity index (χ0n) is 18.8. The molecule has 166 valence electrons. The lowest BCUT2D eigenvalue weighted by Crippen LogP contribution is -2.38. The van der Waals surface area contributed by atoms with E-state index < -0.39 is 11.4 Å². The summed E-state index contributed by atoms with van der Waals surface area (Å²) in [4.78, 5) is 26.0.